The van der Waals surface area contributed by atoms with Crippen LogP contribution in [-0.2, 0) is 0 Å². The van der Waals surface area contributed by atoms with E-state index in [0.29, 0.717) is 5.75 Å². The molecular weight excluding hydrogens is 336 g/mol. The summed E-state index contributed by atoms with van der Waals surface area (Å²) >= 11 is 9.25. The maximum Gasteiger partial charge on any atom is 0.289 e. The lowest BCUT2D eigenvalue weighted by atomic mass is 10.2. The van der Waals surface area contributed by atoms with Gasteiger partial charge in [-0.05, 0) is 24.6 Å². The Morgan fingerprint density at radius 2 is 2.16 bits per heavy atom. The van der Waals surface area contributed by atoms with Crippen LogP contribution in [0.15, 0.2) is 34.9 Å². The van der Waals surface area contributed by atoms with Gasteiger partial charge in [-0.3, -0.25) is 10.1 Å². The summed E-state index contributed by atoms with van der Waals surface area (Å²) in [5.74, 6) is 0.714. The monoisotopic (exact) mass is 342 g/mol. The normalized spacial score (nSPS) is 10.3. The van der Waals surface area contributed by atoms with Crippen molar-refractivity contribution in [3.05, 3.63) is 55.6 Å². The van der Waals surface area contributed by atoms with Crippen molar-refractivity contribution in [3.8, 4) is 11.6 Å². The minimum atomic E-state index is -0.562. The Hall–Kier alpha value is -1.66. The number of hydrogen-bond acceptors (Lipinski definition) is 4. The molecule has 0 spiro atoms. The Bertz CT molecular complexity index is 649. The summed E-state index contributed by atoms with van der Waals surface area (Å²) in [7, 11) is 0. The van der Waals surface area contributed by atoms with Crippen molar-refractivity contribution in [1.29, 1.82) is 0 Å². The molecule has 5 nitrogen and oxygen atoms in total. The van der Waals surface area contributed by atoms with Gasteiger partial charge in [-0.25, -0.2) is 4.98 Å². The molecule has 2 rings (SSSR count). The summed E-state index contributed by atoms with van der Waals surface area (Å²) < 4.78 is 6.41. The van der Waals surface area contributed by atoms with Gasteiger partial charge in [0.2, 0.25) is 5.88 Å². The van der Waals surface area contributed by atoms with Crippen molar-refractivity contribution in [2.24, 2.45) is 0 Å². The van der Waals surface area contributed by atoms with Crippen LogP contribution in [0.1, 0.15) is 5.56 Å². The minimum Gasteiger partial charge on any atom is -0.437 e. The lowest BCUT2D eigenvalue weighted by Crippen LogP contribution is -1.94. The highest BCUT2D eigenvalue weighted by Crippen LogP contribution is 2.32. The van der Waals surface area contributed by atoms with E-state index in [9.17, 15) is 10.1 Å². The lowest BCUT2D eigenvalue weighted by Gasteiger charge is -2.09. The molecule has 2 aromatic rings. The first-order chi connectivity index (χ1) is 8.97. The average molecular weight is 344 g/mol. The number of rotatable bonds is 3. The highest BCUT2D eigenvalue weighted by Gasteiger charge is 2.13. The van der Waals surface area contributed by atoms with Gasteiger partial charge in [0.05, 0.1) is 4.92 Å². The molecule has 0 N–H and O–H groups in total. The van der Waals surface area contributed by atoms with E-state index in [1.54, 1.807) is 6.07 Å². The molecule has 1 heterocycles. The van der Waals surface area contributed by atoms with Gasteiger partial charge in [-0.15, -0.1) is 0 Å². The molecule has 0 saturated carbocycles. The Morgan fingerprint density at radius 1 is 1.42 bits per heavy atom. The number of aryl methyl sites for hydroxylation is 1. The number of halogens is 2. The minimum absolute atomic E-state index is 0.0913. The number of pyridine rings is 1. The molecule has 0 aliphatic rings. The van der Waals surface area contributed by atoms with Gasteiger partial charge in [0.15, 0.2) is 0 Å². The third-order valence-electron chi connectivity index (χ3n) is 2.36. The molecule has 0 bridgehead atoms. The van der Waals surface area contributed by atoms with Gasteiger partial charge >= 0.3 is 0 Å². The molecule has 0 aliphatic carbocycles. The zero-order valence-electron chi connectivity index (χ0n) is 9.76. The van der Waals surface area contributed by atoms with Crippen LogP contribution < -0.4 is 4.74 Å². The summed E-state index contributed by atoms with van der Waals surface area (Å²) in [4.78, 5) is 13.9. The first-order valence-corrected chi connectivity index (χ1v) is 6.38. The van der Waals surface area contributed by atoms with Crippen LogP contribution in [0.3, 0.4) is 0 Å². The van der Waals surface area contributed by atoms with Crippen molar-refractivity contribution >= 4 is 33.2 Å². The number of aromatic nitrogens is 1. The fourth-order valence-electron chi connectivity index (χ4n) is 1.38. The van der Waals surface area contributed by atoms with Crippen molar-refractivity contribution in [2.45, 2.75) is 6.92 Å². The fraction of sp³-hybridized carbons (Fsp3) is 0.0833. The predicted octanol–water partition coefficient (Wildman–Crippen LogP) is 4.51. The molecule has 0 unspecified atom stereocenters. The van der Waals surface area contributed by atoms with Crippen molar-refractivity contribution in [3.63, 3.8) is 0 Å². The van der Waals surface area contributed by atoms with Gasteiger partial charge in [-0.2, -0.15) is 0 Å². The van der Waals surface area contributed by atoms with E-state index >= 15 is 0 Å². The average Bonchev–Trinajstić information content (AvgIpc) is 2.36. The molecule has 98 valence electrons. The molecule has 0 saturated heterocycles. The van der Waals surface area contributed by atoms with E-state index in [4.69, 9.17) is 16.3 Å². The molecule has 1 aromatic carbocycles. The zero-order chi connectivity index (χ0) is 14.0. The summed E-state index contributed by atoms with van der Waals surface area (Å²) in [5, 5.41) is 10.7. The number of nitro groups is 1. The quantitative estimate of drug-likeness (QED) is 0.607. The number of benzene rings is 1. The number of nitrogens with zero attached hydrogens (tertiary/aromatic N) is 2. The third kappa shape index (κ3) is 3.21. The van der Waals surface area contributed by atoms with Crippen molar-refractivity contribution in [1.82, 2.24) is 4.98 Å². The van der Waals surface area contributed by atoms with E-state index in [2.05, 4.69) is 20.9 Å². The highest BCUT2D eigenvalue weighted by molar-refractivity contribution is 9.10. The van der Waals surface area contributed by atoms with Crippen LogP contribution in [0.4, 0.5) is 5.69 Å². The Labute approximate surface area is 122 Å². The topological polar surface area (TPSA) is 65.3 Å². The second-order valence-corrected chi connectivity index (χ2v) is 5.07. The predicted molar refractivity (Wildman–Crippen MR) is 74.9 cm³/mol. The highest BCUT2D eigenvalue weighted by atomic mass is 79.9. The molecule has 0 radical (unpaired) electrons. The van der Waals surface area contributed by atoms with Crippen LogP contribution in [0.5, 0.6) is 11.6 Å². The first kappa shape index (κ1) is 13.8. The summed E-state index contributed by atoms with van der Waals surface area (Å²) in [6, 6.07) is 6.73. The third-order valence-corrected chi connectivity index (χ3v) is 3.12. The van der Waals surface area contributed by atoms with Gasteiger partial charge in [0.25, 0.3) is 5.69 Å². The Morgan fingerprint density at radius 3 is 2.79 bits per heavy atom. The number of hydrogen-bond donors (Lipinski definition) is 0. The smallest absolute Gasteiger partial charge is 0.289 e. The second kappa shape index (κ2) is 5.54. The van der Waals surface area contributed by atoms with Gasteiger partial charge < -0.3 is 4.74 Å². The maximum absolute atomic E-state index is 10.6. The standard InChI is InChI=1S/C12H8BrClN2O3/c1-7-2-3-8(13)4-11(7)19-12-10(14)5-9(6-15-12)16(17)18/h2-6H,1H3. The van der Waals surface area contributed by atoms with E-state index in [-0.39, 0.29) is 16.6 Å². The van der Waals surface area contributed by atoms with E-state index < -0.39 is 4.92 Å². The SMILES string of the molecule is Cc1ccc(Br)cc1Oc1ncc([N+](=O)[O-])cc1Cl. The number of ether oxygens (including phenoxy) is 1. The molecular formula is C12H8BrClN2O3. The van der Waals surface area contributed by atoms with Crippen LogP contribution in [0.25, 0.3) is 0 Å². The summed E-state index contributed by atoms with van der Waals surface area (Å²) in [6.07, 6.45) is 1.11. The van der Waals surface area contributed by atoms with Crippen LogP contribution in [0.2, 0.25) is 5.02 Å². The first-order valence-electron chi connectivity index (χ1n) is 5.21. The van der Waals surface area contributed by atoms with Crippen LogP contribution in [-0.4, -0.2) is 9.91 Å². The summed E-state index contributed by atoms with van der Waals surface area (Å²) in [6.45, 7) is 1.88. The van der Waals surface area contributed by atoms with Crippen LogP contribution >= 0.6 is 27.5 Å². The molecule has 0 fully saturated rings. The molecule has 7 heteroatoms. The molecule has 0 aliphatic heterocycles. The lowest BCUT2D eigenvalue weighted by molar-refractivity contribution is -0.385. The van der Waals surface area contributed by atoms with E-state index in [1.807, 2.05) is 19.1 Å². The maximum atomic E-state index is 10.6. The summed E-state index contributed by atoms with van der Waals surface area (Å²) in [5.41, 5.74) is 0.725. The van der Waals surface area contributed by atoms with Gasteiger partial charge in [0.1, 0.15) is 17.0 Å². The second-order valence-electron chi connectivity index (χ2n) is 3.75. The van der Waals surface area contributed by atoms with E-state index in [0.717, 1.165) is 16.2 Å². The molecule has 0 atom stereocenters. The molecule has 0 amide bonds. The fourth-order valence-corrected chi connectivity index (χ4v) is 1.92. The van der Waals surface area contributed by atoms with Gasteiger partial charge in [-0.1, -0.05) is 33.6 Å². The molecule has 1 aromatic heterocycles. The van der Waals surface area contributed by atoms with Crippen molar-refractivity contribution < 1.29 is 9.66 Å². The molecule has 19 heavy (non-hydrogen) atoms. The zero-order valence-corrected chi connectivity index (χ0v) is 12.1. The van der Waals surface area contributed by atoms with E-state index in [1.165, 1.54) is 6.07 Å². The van der Waals surface area contributed by atoms with Gasteiger partial charge in [0, 0.05) is 10.5 Å². The Kier molecular flexibility index (Phi) is 4.01. The Balaban J connectivity index is 2.33. The van der Waals surface area contributed by atoms with Crippen LogP contribution in [0, 0.1) is 17.0 Å². The van der Waals surface area contributed by atoms with Crippen molar-refractivity contribution in [2.75, 3.05) is 0 Å². The largest absolute Gasteiger partial charge is 0.437 e.